The number of aliphatic hydroxyl groups excluding tert-OH is 1. The molecule has 1 aliphatic carbocycles. The molecule has 4 unspecified atom stereocenters. The first kappa shape index (κ1) is 24.9. The molecule has 194 valence electrons. The Bertz CT molecular complexity index is 1160. The Labute approximate surface area is 219 Å². The number of ether oxygens (including phenoxy) is 1. The molecule has 7 nitrogen and oxygen atoms in total. The van der Waals surface area contributed by atoms with E-state index in [-0.39, 0.29) is 23.9 Å². The van der Waals surface area contributed by atoms with Crippen LogP contribution in [0.1, 0.15) is 52.7 Å². The highest BCUT2D eigenvalue weighted by atomic mass is 35.5. The lowest BCUT2D eigenvalue weighted by Crippen LogP contribution is -2.60. The van der Waals surface area contributed by atoms with Crippen LogP contribution in [-0.2, 0) is 14.0 Å². The molecule has 0 bridgehead atoms. The van der Waals surface area contributed by atoms with Gasteiger partial charge in [-0.1, -0.05) is 11.6 Å². The number of aliphatic hydroxyl groups is 1. The second kappa shape index (κ2) is 8.55. The third-order valence-electron chi connectivity index (χ3n) is 9.38. The Morgan fingerprint density at radius 2 is 1.69 bits per heavy atom. The third kappa shape index (κ3) is 4.05. The number of benzene rings is 1. The highest BCUT2D eigenvalue weighted by molar-refractivity contribution is 6.49. The molecule has 9 heteroatoms. The van der Waals surface area contributed by atoms with E-state index in [2.05, 4.69) is 56.6 Å². The Morgan fingerprint density at radius 1 is 1.00 bits per heavy atom. The van der Waals surface area contributed by atoms with E-state index in [0.29, 0.717) is 24.9 Å². The van der Waals surface area contributed by atoms with E-state index in [0.717, 1.165) is 59.8 Å². The molecule has 6 rings (SSSR count). The van der Waals surface area contributed by atoms with Crippen LogP contribution in [0, 0.1) is 0 Å². The fourth-order valence-corrected chi connectivity index (χ4v) is 6.24. The molecule has 0 radical (unpaired) electrons. The van der Waals surface area contributed by atoms with E-state index in [4.69, 9.17) is 30.6 Å². The zero-order valence-electron chi connectivity index (χ0n) is 22.0. The Balaban J connectivity index is 1.18. The molecule has 0 amide bonds. The van der Waals surface area contributed by atoms with Crippen LogP contribution in [0.5, 0.6) is 0 Å². The topological polar surface area (TPSA) is 67.3 Å². The normalized spacial score (nSPS) is 34.0. The highest BCUT2D eigenvalue weighted by Gasteiger charge is 2.60. The molecule has 4 atom stereocenters. The van der Waals surface area contributed by atoms with Crippen LogP contribution in [0.2, 0.25) is 10.8 Å². The number of fused-ring (bicyclic) bond motifs is 1. The van der Waals surface area contributed by atoms with Gasteiger partial charge in [0.2, 0.25) is 0 Å². The van der Waals surface area contributed by atoms with Crippen molar-refractivity contribution in [3.8, 4) is 0 Å². The quantitative estimate of drug-likeness (QED) is 0.617. The molecule has 4 heterocycles. The van der Waals surface area contributed by atoms with Gasteiger partial charge in [-0.05, 0) is 64.6 Å². The van der Waals surface area contributed by atoms with Gasteiger partial charge in [-0.15, -0.1) is 0 Å². The second-order valence-electron chi connectivity index (χ2n) is 12.3. The maximum atomic E-state index is 10.4. The Hall–Kier alpha value is -1.42. The third-order valence-corrected chi connectivity index (χ3v) is 9.68. The van der Waals surface area contributed by atoms with Crippen LogP contribution in [0.3, 0.4) is 0 Å². The minimum Gasteiger partial charge on any atom is -0.403 e. The van der Waals surface area contributed by atoms with Gasteiger partial charge in [0.25, 0.3) is 0 Å². The fourth-order valence-electron chi connectivity index (χ4n) is 5.95. The minimum absolute atomic E-state index is 0.180. The summed E-state index contributed by atoms with van der Waals surface area (Å²) >= 11 is 6.75. The largest absolute Gasteiger partial charge is 0.461 e. The Kier molecular flexibility index (Phi) is 5.91. The van der Waals surface area contributed by atoms with Crippen molar-refractivity contribution in [2.45, 2.75) is 75.6 Å². The molecule has 0 spiro atoms. The summed E-state index contributed by atoms with van der Waals surface area (Å²) in [5.41, 5.74) is 1.24. The van der Waals surface area contributed by atoms with Crippen molar-refractivity contribution in [3.63, 3.8) is 0 Å². The predicted molar refractivity (Wildman–Crippen MR) is 143 cm³/mol. The molecule has 1 aromatic carbocycles. The van der Waals surface area contributed by atoms with Gasteiger partial charge in [0.1, 0.15) is 0 Å². The van der Waals surface area contributed by atoms with E-state index in [9.17, 15) is 5.11 Å². The monoisotopic (exact) mass is 513 g/mol. The highest BCUT2D eigenvalue weighted by Crippen LogP contribution is 2.58. The van der Waals surface area contributed by atoms with Crippen molar-refractivity contribution in [3.05, 3.63) is 35.1 Å². The minimum atomic E-state index is -0.442. The van der Waals surface area contributed by atoms with E-state index in [1.807, 2.05) is 12.3 Å². The predicted octanol–water partition coefficient (Wildman–Crippen LogP) is 4.11. The van der Waals surface area contributed by atoms with Crippen LogP contribution in [0.15, 0.2) is 24.4 Å². The fraction of sp³-hybridized carbons (Fsp3) is 0.667. The molecule has 4 aliphatic rings. The number of hydrogen-bond acceptors (Lipinski definition) is 7. The summed E-state index contributed by atoms with van der Waals surface area (Å²) in [6.45, 7) is 15.0. The number of halogens is 1. The molecule has 36 heavy (non-hydrogen) atoms. The van der Waals surface area contributed by atoms with Gasteiger partial charge in [-0.3, -0.25) is 9.88 Å². The standard InChI is InChI=1S/C27H37BClN3O4/c1-25(2)26(3,4)36-28(35-25)20-13-19(20)22-11-17-12-23(21(29)10-18(17)14-30-22)31-6-8-32(9-7-31)27(5)16-34-15-24(27)33/h10-12,14,19-20,24,33H,6-9,13,15-16H2,1-5H3. The molecule has 1 saturated carbocycles. The van der Waals surface area contributed by atoms with Gasteiger partial charge < -0.3 is 24.1 Å². The summed E-state index contributed by atoms with van der Waals surface area (Å²) in [7, 11) is -0.180. The Morgan fingerprint density at radius 3 is 2.33 bits per heavy atom. The number of aromatic nitrogens is 1. The van der Waals surface area contributed by atoms with Crippen molar-refractivity contribution >= 4 is 35.2 Å². The van der Waals surface area contributed by atoms with E-state index in [1.165, 1.54) is 0 Å². The van der Waals surface area contributed by atoms with E-state index in [1.54, 1.807) is 0 Å². The number of hydrogen-bond donors (Lipinski definition) is 1. The van der Waals surface area contributed by atoms with Crippen LogP contribution in [0.4, 0.5) is 5.69 Å². The first-order valence-corrected chi connectivity index (χ1v) is 13.6. The molecular formula is C27H37BClN3O4. The van der Waals surface area contributed by atoms with Gasteiger partial charge in [0, 0.05) is 55.2 Å². The lowest BCUT2D eigenvalue weighted by Gasteiger charge is -2.45. The number of anilines is 1. The summed E-state index contributed by atoms with van der Waals surface area (Å²) in [6.07, 6.45) is 2.54. The van der Waals surface area contributed by atoms with Crippen molar-refractivity contribution in [1.82, 2.24) is 9.88 Å². The van der Waals surface area contributed by atoms with Gasteiger partial charge in [-0.25, -0.2) is 0 Å². The molecule has 1 aromatic heterocycles. The van der Waals surface area contributed by atoms with Crippen molar-refractivity contribution in [1.29, 1.82) is 0 Å². The number of rotatable bonds is 4. The average molecular weight is 514 g/mol. The van der Waals surface area contributed by atoms with Crippen molar-refractivity contribution in [2.24, 2.45) is 0 Å². The first-order valence-electron chi connectivity index (χ1n) is 13.2. The van der Waals surface area contributed by atoms with Crippen molar-refractivity contribution < 1.29 is 19.2 Å². The lowest BCUT2D eigenvalue weighted by atomic mass is 9.80. The zero-order chi connectivity index (χ0) is 25.5. The van der Waals surface area contributed by atoms with Gasteiger partial charge in [-0.2, -0.15) is 0 Å². The van der Waals surface area contributed by atoms with Crippen LogP contribution in [0.25, 0.3) is 10.8 Å². The molecule has 3 saturated heterocycles. The van der Waals surface area contributed by atoms with Crippen LogP contribution < -0.4 is 4.90 Å². The first-order chi connectivity index (χ1) is 17.0. The SMILES string of the molecule is CC1(N2CCN(c3cc4cc(C5CC5B5OC(C)(C)C(C)(C)O5)ncc4cc3Cl)CC2)COCC1O. The summed E-state index contributed by atoms with van der Waals surface area (Å²) < 4.78 is 18.2. The number of nitrogens with zero attached hydrogens (tertiary/aromatic N) is 3. The molecule has 4 fully saturated rings. The van der Waals surface area contributed by atoms with Crippen LogP contribution >= 0.6 is 11.6 Å². The molecule has 2 aromatic rings. The average Bonchev–Trinajstić information content (AvgIpc) is 3.51. The maximum absolute atomic E-state index is 10.4. The van der Waals surface area contributed by atoms with Crippen LogP contribution in [-0.4, -0.2) is 84.3 Å². The summed E-state index contributed by atoms with van der Waals surface area (Å²) in [6, 6.07) is 6.46. The van der Waals surface area contributed by atoms with Gasteiger partial charge in [0.05, 0.1) is 46.8 Å². The van der Waals surface area contributed by atoms with E-state index >= 15 is 0 Å². The zero-order valence-corrected chi connectivity index (χ0v) is 22.7. The maximum Gasteiger partial charge on any atom is 0.461 e. The smallest absolute Gasteiger partial charge is 0.403 e. The van der Waals surface area contributed by atoms with Gasteiger partial charge >= 0.3 is 7.12 Å². The summed E-state index contributed by atoms with van der Waals surface area (Å²) in [5.74, 6) is 0.694. The summed E-state index contributed by atoms with van der Waals surface area (Å²) in [5, 5.41) is 13.4. The van der Waals surface area contributed by atoms with Crippen molar-refractivity contribution in [2.75, 3.05) is 44.3 Å². The number of piperazine rings is 1. The van der Waals surface area contributed by atoms with Gasteiger partial charge in [0.15, 0.2) is 0 Å². The number of pyridine rings is 1. The molecule has 3 aliphatic heterocycles. The van der Waals surface area contributed by atoms with E-state index < -0.39 is 6.10 Å². The lowest BCUT2D eigenvalue weighted by molar-refractivity contribution is 0.00578. The molecular weight excluding hydrogens is 477 g/mol. The summed E-state index contributed by atoms with van der Waals surface area (Å²) in [4.78, 5) is 9.51. The molecule has 1 N–H and O–H groups in total. The second-order valence-corrected chi connectivity index (χ2v) is 12.7.